The molecule has 21 heavy (non-hydrogen) atoms. The summed E-state index contributed by atoms with van der Waals surface area (Å²) in [4.78, 5) is 14.4. The largest absolute Gasteiger partial charge is 0.399 e. The molecule has 1 aromatic carbocycles. The summed E-state index contributed by atoms with van der Waals surface area (Å²) >= 11 is 3.45. The number of amides is 1. The molecule has 0 aromatic heterocycles. The van der Waals surface area contributed by atoms with Gasteiger partial charge in [0.2, 0.25) is 5.91 Å². The highest BCUT2D eigenvalue weighted by atomic mass is 79.9. The van der Waals surface area contributed by atoms with Gasteiger partial charge in [0.25, 0.3) is 0 Å². The van der Waals surface area contributed by atoms with Crippen LogP contribution >= 0.6 is 15.9 Å². The van der Waals surface area contributed by atoms with E-state index in [-0.39, 0.29) is 11.9 Å². The van der Waals surface area contributed by atoms with Crippen LogP contribution in [0.15, 0.2) is 22.7 Å². The summed E-state index contributed by atoms with van der Waals surface area (Å²) in [5.41, 5.74) is 7.69. The maximum Gasteiger partial charge on any atom is 0.239 e. The van der Waals surface area contributed by atoms with Crippen LogP contribution in [-0.2, 0) is 16.1 Å². The fraction of sp³-hybridized carbons (Fsp3) is 0.533. The quantitative estimate of drug-likeness (QED) is 0.789. The molecule has 1 saturated heterocycles. The van der Waals surface area contributed by atoms with Crippen LogP contribution in [0.1, 0.15) is 18.9 Å². The Kier molecular flexibility index (Phi) is 6.02. The number of halogens is 1. The number of nitrogens with one attached hydrogen (secondary N) is 1. The number of ether oxygens (including phenoxy) is 1. The predicted molar refractivity (Wildman–Crippen MR) is 86.9 cm³/mol. The average Bonchev–Trinajstić information content (AvgIpc) is 2.44. The fourth-order valence-electron chi connectivity index (χ4n) is 2.44. The first-order valence-corrected chi connectivity index (χ1v) is 8.04. The molecule has 116 valence electrons. The Morgan fingerprint density at radius 2 is 2.33 bits per heavy atom. The molecule has 6 heteroatoms. The topological polar surface area (TPSA) is 67.6 Å². The predicted octanol–water partition coefficient (Wildman–Crippen LogP) is 1.76. The van der Waals surface area contributed by atoms with Gasteiger partial charge in [-0.1, -0.05) is 22.9 Å². The highest BCUT2D eigenvalue weighted by Crippen LogP contribution is 2.20. The maximum atomic E-state index is 12.2. The van der Waals surface area contributed by atoms with Crippen LogP contribution in [0, 0.1) is 0 Å². The normalized spacial score (nSPS) is 19.4. The van der Waals surface area contributed by atoms with Crippen LogP contribution in [0.5, 0.6) is 0 Å². The summed E-state index contributed by atoms with van der Waals surface area (Å²) in [6.45, 7) is 5.28. The van der Waals surface area contributed by atoms with Gasteiger partial charge in [0.15, 0.2) is 0 Å². The van der Waals surface area contributed by atoms with Gasteiger partial charge in [0.1, 0.15) is 6.04 Å². The number of rotatable bonds is 5. The van der Waals surface area contributed by atoms with Crippen molar-refractivity contribution in [2.45, 2.75) is 25.9 Å². The molecular weight excluding hydrogens is 334 g/mol. The summed E-state index contributed by atoms with van der Waals surface area (Å²) in [7, 11) is 0. The monoisotopic (exact) mass is 355 g/mol. The zero-order chi connectivity index (χ0) is 15.2. The highest BCUT2D eigenvalue weighted by molar-refractivity contribution is 9.10. The molecule has 1 aliphatic rings. The second-order valence-electron chi connectivity index (χ2n) is 5.25. The van der Waals surface area contributed by atoms with Crippen LogP contribution in [-0.4, -0.2) is 43.2 Å². The van der Waals surface area contributed by atoms with Crippen molar-refractivity contribution in [3.05, 3.63) is 28.2 Å². The van der Waals surface area contributed by atoms with E-state index in [2.05, 4.69) is 26.1 Å². The molecule has 1 atom stereocenters. The Bertz CT molecular complexity index is 476. The lowest BCUT2D eigenvalue weighted by molar-refractivity contribution is -0.132. The van der Waals surface area contributed by atoms with Gasteiger partial charge in [-0.2, -0.15) is 0 Å². The molecule has 0 aliphatic carbocycles. The van der Waals surface area contributed by atoms with Gasteiger partial charge in [0, 0.05) is 29.8 Å². The van der Waals surface area contributed by atoms with Crippen molar-refractivity contribution in [1.82, 2.24) is 10.2 Å². The Morgan fingerprint density at radius 1 is 1.52 bits per heavy atom. The number of nitrogen functional groups attached to an aromatic ring is 1. The number of nitrogens with zero attached hydrogens (tertiary/aromatic N) is 1. The summed E-state index contributed by atoms with van der Waals surface area (Å²) in [5.74, 6) is 0.0412. The minimum Gasteiger partial charge on any atom is -0.399 e. The van der Waals surface area contributed by atoms with Crippen LogP contribution in [0.25, 0.3) is 0 Å². The minimum atomic E-state index is -0.231. The second kappa shape index (κ2) is 7.77. The number of anilines is 1. The number of hydrogen-bond acceptors (Lipinski definition) is 4. The van der Waals surface area contributed by atoms with Crippen molar-refractivity contribution in [2.75, 3.05) is 32.0 Å². The van der Waals surface area contributed by atoms with Gasteiger partial charge in [-0.25, -0.2) is 0 Å². The van der Waals surface area contributed by atoms with Gasteiger partial charge in [0.05, 0.1) is 13.2 Å². The van der Waals surface area contributed by atoms with E-state index in [0.29, 0.717) is 26.3 Å². The molecule has 2 rings (SSSR count). The maximum absolute atomic E-state index is 12.2. The fourth-order valence-corrected chi connectivity index (χ4v) is 2.99. The van der Waals surface area contributed by atoms with E-state index in [1.807, 2.05) is 25.1 Å². The lowest BCUT2D eigenvalue weighted by atomic mass is 10.1. The SMILES string of the molecule is CCCNC(=O)C1COCCN1Cc1cc(N)cc(Br)c1. The highest BCUT2D eigenvalue weighted by Gasteiger charge is 2.29. The van der Waals surface area contributed by atoms with Crippen molar-refractivity contribution in [1.29, 1.82) is 0 Å². The van der Waals surface area contributed by atoms with E-state index in [1.54, 1.807) is 0 Å². The molecule has 1 unspecified atom stereocenters. The molecule has 0 saturated carbocycles. The third-order valence-corrected chi connectivity index (χ3v) is 3.91. The van der Waals surface area contributed by atoms with Gasteiger partial charge in [-0.15, -0.1) is 0 Å². The van der Waals surface area contributed by atoms with Crippen molar-refractivity contribution in [3.63, 3.8) is 0 Å². The molecule has 1 fully saturated rings. The van der Waals surface area contributed by atoms with Gasteiger partial charge in [-0.3, -0.25) is 9.69 Å². The lowest BCUT2D eigenvalue weighted by Crippen LogP contribution is -2.53. The van der Waals surface area contributed by atoms with E-state index in [0.717, 1.165) is 28.7 Å². The number of hydrogen-bond donors (Lipinski definition) is 2. The summed E-state index contributed by atoms with van der Waals surface area (Å²) in [6, 6.07) is 5.62. The molecule has 1 aromatic rings. The van der Waals surface area contributed by atoms with Crippen molar-refractivity contribution in [2.24, 2.45) is 0 Å². The Morgan fingerprint density at radius 3 is 3.05 bits per heavy atom. The molecule has 1 aliphatic heterocycles. The minimum absolute atomic E-state index is 0.0412. The number of nitrogens with two attached hydrogens (primary N) is 1. The van der Waals surface area contributed by atoms with Crippen LogP contribution in [0.4, 0.5) is 5.69 Å². The molecule has 3 N–H and O–H groups in total. The summed E-state index contributed by atoms with van der Waals surface area (Å²) in [5, 5.41) is 2.95. The molecule has 1 amide bonds. The zero-order valence-corrected chi connectivity index (χ0v) is 13.9. The number of morpholine rings is 1. The average molecular weight is 356 g/mol. The molecule has 1 heterocycles. The van der Waals surface area contributed by atoms with Crippen LogP contribution in [0.2, 0.25) is 0 Å². The molecule has 0 spiro atoms. The summed E-state index contributed by atoms with van der Waals surface area (Å²) in [6.07, 6.45) is 0.932. The first-order chi connectivity index (χ1) is 10.1. The molecule has 0 bridgehead atoms. The van der Waals surface area contributed by atoms with Gasteiger partial charge < -0.3 is 15.8 Å². The molecular formula is C15H22BrN3O2. The Labute approximate surface area is 134 Å². The lowest BCUT2D eigenvalue weighted by Gasteiger charge is -2.34. The van der Waals surface area contributed by atoms with Gasteiger partial charge >= 0.3 is 0 Å². The van der Waals surface area contributed by atoms with Crippen LogP contribution in [0.3, 0.4) is 0 Å². The molecule has 0 radical (unpaired) electrons. The van der Waals surface area contributed by atoms with E-state index in [9.17, 15) is 4.79 Å². The smallest absolute Gasteiger partial charge is 0.239 e. The Balaban J connectivity index is 2.06. The standard InChI is InChI=1S/C15H22BrN3O2/c1-2-3-18-15(20)14-10-21-5-4-19(14)9-11-6-12(16)8-13(17)7-11/h6-8,14H,2-5,9-10,17H2,1H3,(H,18,20). The third kappa shape index (κ3) is 4.69. The summed E-state index contributed by atoms with van der Waals surface area (Å²) < 4.78 is 6.42. The number of carbonyl (C=O) groups excluding carboxylic acids is 1. The molecule has 5 nitrogen and oxygen atoms in total. The Hall–Kier alpha value is -1.11. The van der Waals surface area contributed by atoms with Crippen LogP contribution < -0.4 is 11.1 Å². The first-order valence-electron chi connectivity index (χ1n) is 7.24. The van der Waals surface area contributed by atoms with Crippen molar-refractivity contribution >= 4 is 27.5 Å². The zero-order valence-electron chi connectivity index (χ0n) is 12.3. The second-order valence-corrected chi connectivity index (χ2v) is 6.16. The number of carbonyl (C=O) groups is 1. The van der Waals surface area contributed by atoms with Crippen molar-refractivity contribution < 1.29 is 9.53 Å². The number of benzene rings is 1. The van der Waals surface area contributed by atoms with E-state index in [1.165, 1.54) is 0 Å². The van der Waals surface area contributed by atoms with Crippen molar-refractivity contribution in [3.8, 4) is 0 Å². The third-order valence-electron chi connectivity index (χ3n) is 3.46. The first kappa shape index (κ1) is 16.3. The van der Waals surface area contributed by atoms with E-state index in [4.69, 9.17) is 10.5 Å². The van der Waals surface area contributed by atoms with Gasteiger partial charge in [-0.05, 0) is 30.2 Å². The van der Waals surface area contributed by atoms with E-state index >= 15 is 0 Å². The van der Waals surface area contributed by atoms with E-state index < -0.39 is 0 Å².